The van der Waals surface area contributed by atoms with Crippen LogP contribution in [0.2, 0.25) is 5.15 Å². The first-order valence-electron chi connectivity index (χ1n) is 7.29. The second-order valence-electron chi connectivity index (χ2n) is 5.26. The van der Waals surface area contributed by atoms with E-state index in [1.54, 1.807) is 11.3 Å². The van der Waals surface area contributed by atoms with Gasteiger partial charge in [0, 0.05) is 16.9 Å². The van der Waals surface area contributed by atoms with Gasteiger partial charge in [0.25, 0.3) is 0 Å². The molecule has 2 heterocycles. The second-order valence-corrected chi connectivity index (χ2v) is 6.73. The molecule has 0 saturated heterocycles. The minimum atomic E-state index is -0.317. The molecule has 2 aromatic heterocycles. The summed E-state index contributed by atoms with van der Waals surface area (Å²) in [5.74, 6) is 0.777. The molecule has 0 atom stereocenters. The minimum Gasteiger partial charge on any atom is -0.367 e. The fourth-order valence-electron chi connectivity index (χ4n) is 2.97. The lowest BCUT2D eigenvalue weighted by Crippen LogP contribution is -2.28. The van der Waals surface area contributed by atoms with Crippen LogP contribution in [0.25, 0.3) is 10.2 Å². The lowest BCUT2D eigenvalue weighted by molar-refractivity contribution is -0.0454. The van der Waals surface area contributed by atoms with Gasteiger partial charge in [0.15, 0.2) is 5.82 Å². The Bertz CT molecular complexity index is 620. The highest BCUT2D eigenvalue weighted by Crippen LogP contribution is 2.42. The molecule has 0 unspecified atom stereocenters. The maximum atomic E-state index is 6.37. The molecule has 3 nitrogen and oxygen atoms in total. The van der Waals surface area contributed by atoms with Crippen LogP contribution in [0.15, 0.2) is 6.07 Å². The van der Waals surface area contributed by atoms with Crippen LogP contribution in [0.4, 0.5) is 0 Å². The molecular weight excluding hydrogens is 292 g/mol. The highest BCUT2D eigenvalue weighted by atomic mass is 35.5. The molecule has 0 N–H and O–H groups in total. The van der Waals surface area contributed by atoms with Crippen molar-refractivity contribution in [2.45, 2.75) is 51.6 Å². The molecule has 1 aliphatic carbocycles. The maximum Gasteiger partial charge on any atom is 0.163 e. The summed E-state index contributed by atoms with van der Waals surface area (Å²) < 4.78 is 6.03. The van der Waals surface area contributed by atoms with Gasteiger partial charge >= 0.3 is 0 Å². The molecule has 0 aliphatic heterocycles. The van der Waals surface area contributed by atoms with Gasteiger partial charge in [-0.05, 0) is 45.1 Å². The van der Waals surface area contributed by atoms with Gasteiger partial charge < -0.3 is 4.74 Å². The number of nitrogens with zero attached hydrogens (tertiary/aromatic N) is 2. The Hall–Kier alpha value is -0.710. The van der Waals surface area contributed by atoms with Gasteiger partial charge in [-0.25, -0.2) is 9.97 Å². The first kappa shape index (κ1) is 14.2. The third-order valence-corrected chi connectivity index (χ3v) is 5.45. The molecule has 108 valence electrons. The van der Waals surface area contributed by atoms with E-state index in [1.807, 2.05) is 6.92 Å². The van der Waals surface area contributed by atoms with E-state index in [0.717, 1.165) is 35.3 Å². The summed E-state index contributed by atoms with van der Waals surface area (Å²) in [5.41, 5.74) is -0.317. The van der Waals surface area contributed by atoms with Gasteiger partial charge in [0.1, 0.15) is 15.6 Å². The zero-order chi connectivity index (χ0) is 14.2. The van der Waals surface area contributed by atoms with Crippen molar-refractivity contribution in [2.24, 2.45) is 0 Å². The fourth-order valence-corrected chi connectivity index (χ4v) is 4.22. The van der Waals surface area contributed by atoms with Crippen molar-refractivity contribution >= 4 is 33.2 Å². The second kappa shape index (κ2) is 5.58. The van der Waals surface area contributed by atoms with E-state index in [4.69, 9.17) is 21.3 Å². The van der Waals surface area contributed by atoms with E-state index in [9.17, 15) is 0 Å². The summed E-state index contributed by atoms with van der Waals surface area (Å²) in [6.07, 6.45) is 5.33. The summed E-state index contributed by atoms with van der Waals surface area (Å²) in [4.78, 5) is 11.6. The van der Waals surface area contributed by atoms with Crippen molar-refractivity contribution < 1.29 is 4.74 Å². The molecule has 1 aliphatic rings. The first-order chi connectivity index (χ1) is 9.68. The summed E-state index contributed by atoms with van der Waals surface area (Å²) in [6, 6.07) is 2.11. The summed E-state index contributed by atoms with van der Waals surface area (Å²) in [7, 11) is 0. The summed E-state index contributed by atoms with van der Waals surface area (Å²) >= 11 is 8.08. The molecule has 1 fully saturated rings. The van der Waals surface area contributed by atoms with Crippen LogP contribution in [0.5, 0.6) is 0 Å². The number of rotatable bonds is 4. The maximum absolute atomic E-state index is 6.37. The zero-order valence-corrected chi connectivity index (χ0v) is 13.5. The topological polar surface area (TPSA) is 35.0 Å². The van der Waals surface area contributed by atoms with Gasteiger partial charge in [0.05, 0.1) is 0 Å². The molecule has 5 heteroatoms. The normalized spacial score (nSPS) is 17.9. The van der Waals surface area contributed by atoms with Gasteiger partial charge in [-0.15, -0.1) is 11.3 Å². The van der Waals surface area contributed by atoms with Crippen LogP contribution in [0.1, 0.15) is 50.2 Å². The molecule has 0 spiro atoms. The lowest BCUT2D eigenvalue weighted by Gasteiger charge is -2.27. The van der Waals surface area contributed by atoms with Gasteiger partial charge in [-0.2, -0.15) is 0 Å². The van der Waals surface area contributed by atoms with Gasteiger partial charge in [-0.1, -0.05) is 18.5 Å². The molecule has 0 bridgehead atoms. The Morgan fingerprint density at radius 1 is 1.30 bits per heavy atom. The van der Waals surface area contributed by atoms with E-state index < -0.39 is 0 Å². The average molecular weight is 311 g/mol. The van der Waals surface area contributed by atoms with E-state index in [0.29, 0.717) is 11.8 Å². The highest BCUT2D eigenvalue weighted by Gasteiger charge is 2.39. The number of fused-ring (bicyclic) bond motifs is 1. The Balaban J connectivity index is 2.11. The quantitative estimate of drug-likeness (QED) is 0.767. The van der Waals surface area contributed by atoms with Crippen molar-refractivity contribution in [2.75, 3.05) is 6.61 Å². The molecular formula is C15H19ClN2OS. The standard InChI is InChI=1S/C15H19ClN2OS/c1-3-10-9-11-12(16)17-14(18-13(11)20-10)15(19-4-2)7-5-6-8-15/h9H,3-8H2,1-2H3. The smallest absolute Gasteiger partial charge is 0.163 e. The van der Waals surface area contributed by atoms with Crippen LogP contribution in [0, 0.1) is 0 Å². The lowest BCUT2D eigenvalue weighted by atomic mass is 10.0. The zero-order valence-electron chi connectivity index (χ0n) is 11.9. The third kappa shape index (κ3) is 2.34. The van der Waals surface area contributed by atoms with Gasteiger partial charge in [-0.3, -0.25) is 0 Å². The number of ether oxygens (including phenoxy) is 1. The predicted molar refractivity (Wildman–Crippen MR) is 83.6 cm³/mol. The summed E-state index contributed by atoms with van der Waals surface area (Å²) in [6.45, 7) is 4.86. The fraction of sp³-hybridized carbons (Fsp3) is 0.600. The van der Waals surface area contributed by atoms with Crippen molar-refractivity contribution in [1.82, 2.24) is 9.97 Å². The Labute approximate surface area is 128 Å². The van der Waals surface area contributed by atoms with E-state index >= 15 is 0 Å². The van der Waals surface area contributed by atoms with E-state index in [2.05, 4.69) is 18.0 Å². The Kier molecular flexibility index (Phi) is 3.98. The summed E-state index contributed by atoms with van der Waals surface area (Å²) in [5, 5.41) is 1.54. The molecule has 3 rings (SSSR count). The number of halogens is 1. The predicted octanol–water partition coefficient (Wildman–Crippen LogP) is 4.71. The molecule has 0 aromatic carbocycles. The molecule has 0 amide bonds. The number of hydrogen-bond acceptors (Lipinski definition) is 4. The Morgan fingerprint density at radius 2 is 2.05 bits per heavy atom. The monoisotopic (exact) mass is 310 g/mol. The minimum absolute atomic E-state index is 0.317. The van der Waals surface area contributed by atoms with Crippen molar-refractivity contribution in [3.05, 3.63) is 21.9 Å². The number of hydrogen-bond donors (Lipinski definition) is 0. The number of aryl methyl sites for hydroxylation is 1. The van der Waals surface area contributed by atoms with Crippen molar-refractivity contribution in [1.29, 1.82) is 0 Å². The average Bonchev–Trinajstić information content (AvgIpc) is 3.06. The number of aromatic nitrogens is 2. The SMILES string of the molecule is CCOC1(c2nc(Cl)c3cc(CC)sc3n2)CCCC1. The highest BCUT2D eigenvalue weighted by molar-refractivity contribution is 7.18. The molecule has 0 radical (unpaired) electrons. The van der Waals surface area contributed by atoms with E-state index in [-0.39, 0.29) is 5.60 Å². The third-order valence-electron chi connectivity index (χ3n) is 3.99. The molecule has 2 aromatic rings. The van der Waals surface area contributed by atoms with Crippen LogP contribution in [-0.4, -0.2) is 16.6 Å². The van der Waals surface area contributed by atoms with Crippen LogP contribution < -0.4 is 0 Å². The van der Waals surface area contributed by atoms with E-state index in [1.165, 1.54) is 17.7 Å². The van der Waals surface area contributed by atoms with Crippen LogP contribution in [0.3, 0.4) is 0 Å². The Morgan fingerprint density at radius 3 is 2.70 bits per heavy atom. The molecule has 20 heavy (non-hydrogen) atoms. The molecule has 1 saturated carbocycles. The largest absolute Gasteiger partial charge is 0.367 e. The number of thiophene rings is 1. The van der Waals surface area contributed by atoms with Gasteiger partial charge in [0.2, 0.25) is 0 Å². The van der Waals surface area contributed by atoms with Crippen molar-refractivity contribution in [3.63, 3.8) is 0 Å². The van der Waals surface area contributed by atoms with Crippen molar-refractivity contribution in [3.8, 4) is 0 Å². The van der Waals surface area contributed by atoms with Crippen LogP contribution >= 0.6 is 22.9 Å². The first-order valence-corrected chi connectivity index (χ1v) is 8.48. The van der Waals surface area contributed by atoms with Crippen LogP contribution in [-0.2, 0) is 16.8 Å².